The van der Waals surface area contributed by atoms with Crippen LogP contribution in [0.25, 0.3) is 0 Å². The van der Waals surface area contributed by atoms with Crippen LogP contribution in [0.4, 0.5) is 11.5 Å². The molecule has 36 heavy (non-hydrogen) atoms. The Morgan fingerprint density at radius 3 is 2.47 bits per heavy atom. The number of nitrogens with zero attached hydrogens (tertiary/aromatic N) is 4. The van der Waals surface area contributed by atoms with Gasteiger partial charge in [-0.2, -0.15) is 0 Å². The fourth-order valence-electron chi connectivity index (χ4n) is 4.04. The Morgan fingerprint density at radius 1 is 0.889 bits per heavy atom. The van der Waals surface area contributed by atoms with Crippen molar-refractivity contribution in [2.45, 2.75) is 19.0 Å². The Morgan fingerprint density at radius 2 is 1.72 bits per heavy atom. The molecule has 1 atom stereocenters. The Kier molecular flexibility index (Phi) is 6.44. The van der Waals surface area contributed by atoms with Gasteiger partial charge in [0.15, 0.2) is 0 Å². The quantitative estimate of drug-likeness (QED) is 0.439. The number of carbonyl (C=O) groups is 3. The predicted molar refractivity (Wildman–Crippen MR) is 133 cm³/mol. The first kappa shape index (κ1) is 22.9. The van der Waals surface area contributed by atoms with Gasteiger partial charge in [-0.15, -0.1) is 0 Å². The van der Waals surface area contributed by atoms with Crippen LogP contribution < -0.4 is 10.6 Å². The van der Waals surface area contributed by atoms with Crippen molar-refractivity contribution >= 4 is 29.2 Å². The van der Waals surface area contributed by atoms with Crippen LogP contribution in [0, 0.1) is 0 Å². The molecule has 1 aromatic carbocycles. The van der Waals surface area contributed by atoms with E-state index in [4.69, 9.17) is 0 Å². The SMILES string of the molecule is O=C(Nc1ccccn1)c1ccc(CN2C(=O)c3ccncc3NC(=O)[C@H]2Cc2cccnc2)cc1. The van der Waals surface area contributed by atoms with Crippen molar-refractivity contribution in [1.29, 1.82) is 0 Å². The molecule has 5 rings (SSSR count). The molecule has 0 bridgehead atoms. The largest absolute Gasteiger partial charge is 0.322 e. The van der Waals surface area contributed by atoms with Crippen LogP contribution in [0.5, 0.6) is 0 Å². The van der Waals surface area contributed by atoms with Crippen LogP contribution in [-0.2, 0) is 17.8 Å². The molecule has 0 saturated heterocycles. The maximum absolute atomic E-state index is 13.6. The number of pyridine rings is 3. The molecule has 0 radical (unpaired) electrons. The van der Waals surface area contributed by atoms with E-state index in [2.05, 4.69) is 25.6 Å². The summed E-state index contributed by atoms with van der Waals surface area (Å²) in [6.45, 7) is 0.182. The highest BCUT2D eigenvalue weighted by atomic mass is 16.2. The van der Waals surface area contributed by atoms with Crippen LogP contribution >= 0.6 is 0 Å². The van der Waals surface area contributed by atoms with Crippen molar-refractivity contribution in [3.05, 3.63) is 114 Å². The van der Waals surface area contributed by atoms with E-state index in [1.165, 1.54) is 12.4 Å². The van der Waals surface area contributed by atoms with Crippen LogP contribution in [0.2, 0.25) is 0 Å². The summed E-state index contributed by atoms with van der Waals surface area (Å²) in [7, 11) is 0. The van der Waals surface area contributed by atoms with E-state index in [1.807, 2.05) is 6.07 Å². The maximum atomic E-state index is 13.6. The van der Waals surface area contributed by atoms with Gasteiger partial charge in [0.1, 0.15) is 11.9 Å². The molecule has 9 nitrogen and oxygen atoms in total. The number of hydrogen-bond donors (Lipinski definition) is 2. The zero-order chi connectivity index (χ0) is 24.9. The van der Waals surface area contributed by atoms with Crippen LogP contribution in [0.15, 0.2) is 91.6 Å². The maximum Gasteiger partial charge on any atom is 0.257 e. The van der Waals surface area contributed by atoms with E-state index in [0.29, 0.717) is 29.1 Å². The second-order valence-corrected chi connectivity index (χ2v) is 8.29. The molecule has 9 heteroatoms. The zero-order valence-electron chi connectivity index (χ0n) is 19.2. The molecule has 0 fully saturated rings. The molecule has 2 N–H and O–H groups in total. The third-order valence-electron chi connectivity index (χ3n) is 5.88. The standard InChI is InChI=1S/C27H22N6O3/c34-25(32-24-5-1-2-12-30-24)20-8-6-18(7-9-20)17-33-23(14-19-4-3-11-28-15-19)26(35)31-22-16-29-13-10-21(22)27(33)36/h1-13,15-16,23H,14,17H2,(H,31,35)(H,30,32,34)/t23-/m1/s1. The van der Waals surface area contributed by atoms with Crippen molar-refractivity contribution < 1.29 is 14.4 Å². The number of benzene rings is 1. The minimum absolute atomic E-state index is 0.182. The van der Waals surface area contributed by atoms with Crippen LogP contribution in [0.1, 0.15) is 31.8 Å². The number of amides is 3. The monoisotopic (exact) mass is 478 g/mol. The van der Waals surface area contributed by atoms with Gasteiger partial charge in [-0.3, -0.25) is 24.4 Å². The average molecular weight is 479 g/mol. The summed E-state index contributed by atoms with van der Waals surface area (Å²) in [5, 5.41) is 5.59. The van der Waals surface area contributed by atoms with E-state index >= 15 is 0 Å². The topological polar surface area (TPSA) is 117 Å². The van der Waals surface area contributed by atoms with Crippen LogP contribution in [-0.4, -0.2) is 43.6 Å². The third-order valence-corrected chi connectivity index (χ3v) is 5.88. The Hall–Kier alpha value is -4.92. The highest BCUT2D eigenvalue weighted by Gasteiger charge is 2.35. The molecule has 4 aromatic rings. The molecular weight excluding hydrogens is 456 g/mol. The second kappa shape index (κ2) is 10.1. The van der Waals surface area contributed by atoms with Gasteiger partial charge in [0, 0.05) is 43.3 Å². The van der Waals surface area contributed by atoms with E-state index in [1.54, 1.807) is 78.1 Å². The van der Waals surface area contributed by atoms with Gasteiger partial charge in [0.25, 0.3) is 11.8 Å². The molecule has 3 aromatic heterocycles. The minimum atomic E-state index is -0.763. The summed E-state index contributed by atoms with van der Waals surface area (Å²) in [5.74, 6) is -0.414. The van der Waals surface area contributed by atoms with E-state index in [0.717, 1.165) is 11.1 Å². The second-order valence-electron chi connectivity index (χ2n) is 8.29. The summed E-state index contributed by atoms with van der Waals surface area (Å²) in [4.78, 5) is 53.2. The molecule has 1 aliphatic rings. The molecule has 178 valence electrons. The summed E-state index contributed by atoms with van der Waals surface area (Å²) in [6.07, 6.45) is 8.25. The lowest BCUT2D eigenvalue weighted by Crippen LogP contribution is -2.46. The lowest BCUT2D eigenvalue weighted by Gasteiger charge is -2.29. The molecule has 1 aliphatic heterocycles. The van der Waals surface area contributed by atoms with E-state index in [-0.39, 0.29) is 24.3 Å². The smallest absolute Gasteiger partial charge is 0.257 e. The van der Waals surface area contributed by atoms with Gasteiger partial charge in [0.2, 0.25) is 5.91 Å². The zero-order valence-corrected chi connectivity index (χ0v) is 19.2. The predicted octanol–water partition coefficient (Wildman–Crippen LogP) is 3.33. The number of fused-ring (bicyclic) bond motifs is 1. The summed E-state index contributed by atoms with van der Waals surface area (Å²) >= 11 is 0. The van der Waals surface area contributed by atoms with Gasteiger partial charge in [-0.05, 0) is 47.5 Å². The average Bonchev–Trinajstić information content (AvgIpc) is 3.00. The Labute approximate surface area is 207 Å². The number of carbonyl (C=O) groups excluding carboxylic acids is 3. The van der Waals surface area contributed by atoms with E-state index < -0.39 is 6.04 Å². The first-order valence-corrected chi connectivity index (χ1v) is 11.3. The number of anilines is 2. The number of nitrogens with one attached hydrogen (secondary N) is 2. The van der Waals surface area contributed by atoms with Crippen molar-refractivity contribution in [3.63, 3.8) is 0 Å². The van der Waals surface area contributed by atoms with Crippen molar-refractivity contribution in [1.82, 2.24) is 19.9 Å². The first-order valence-electron chi connectivity index (χ1n) is 11.3. The summed E-state index contributed by atoms with van der Waals surface area (Å²) in [6, 6.07) is 16.7. The first-order chi connectivity index (χ1) is 17.6. The number of aromatic nitrogens is 3. The van der Waals surface area contributed by atoms with Crippen molar-refractivity contribution in [3.8, 4) is 0 Å². The van der Waals surface area contributed by atoms with Gasteiger partial charge in [0.05, 0.1) is 17.4 Å². The van der Waals surface area contributed by atoms with Crippen LogP contribution in [0.3, 0.4) is 0 Å². The molecule has 0 unspecified atom stereocenters. The highest BCUT2D eigenvalue weighted by molar-refractivity contribution is 6.09. The van der Waals surface area contributed by atoms with Gasteiger partial charge < -0.3 is 15.5 Å². The normalized spacial score (nSPS) is 15.0. The molecule has 0 saturated carbocycles. The van der Waals surface area contributed by atoms with Gasteiger partial charge in [-0.1, -0.05) is 24.3 Å². The molecule has 0 aliphatic carbocycles. The highest BCUT2D eigenvalue weighted by Crippen LogP contribution is 2.25. The Balaban J connectivity index is 1.40. The minimum Gasteiger partial charge on any atom is -0.322 e. The molecular formula is C27H22N6O3. The van der Waals surface area contributed by atoms with E-state index in [9.17, 15) is 14.4 Å². The van der Waals surface area contributed by atoms with Crippen molar-refractivity contribution in [2.24, 2.45) is 0 Å². The molecule has 0 spiro atoms. The van der Waals surface area contributed by atoms with Crippen molar-refractivity contribution in [2.75, 3.05) is 10.6 Å². The Bertz CT molecular complexity index is 1390. The fourth-order valence-corrected chi connectivity index (χ4v) is 4.04. The molecule has 4 heterocycles. The van der Waals surface area contributed by atoms with Gasteiger partial charge in [-0.25, -0.2) is 4.98 Å². The number of rotatable bonds is 6. The third kappa shape index (κ3) is 4.95. The lowest BCUT2D eigenvalue weighted by molar-refractivity contribution is -0.120. The summed E-state index contributed by atoms with van der Waals surface area (Å²) in [5.41, 5.74) is 2.82. The molecule has 3 amide bonds. The number of hydrogen-bond acceptors (Lipinski definition) is 6. The fraction of sp³-hybridized carbons (Fsp3) is 0.111. The van der Waals surface area contributed by atoms with Gasteiger partial charge >= 0.3 is 0 Å². The lowest BCUT2D eigenvalue weighted by atomic mass is 10.0. The summed E-state index contributed by atoms with van der Waals surface area (Å²) < 4.78 is 0.